The number of aromatic nitrogens is 3. The zero-order valence-corrected chi connectivity index (χ0v) is 18.7. The van der Waals surface area contributed by atoms with Crippen LogP contribution in [0.3, 0.4) is 0 Å². The van der Waals surface area contributed by atoms with Crippen LogP contribution >= 0.6 is 0 Å². The summed E-state index contributed by atoms with van der Waals surface area (Å²) in [4.78, 5) is 45.3. The number of aromatic amines is 1. The van der Waals surface area contributed by atoms with Crippen LogP contribution in [0, 0.1) is 19.8 Å². The van der Waals surface area contributed by atoms with Crippen molar-refractivity contribution in [2.75, 3.05) is 25.0 Å². The summed E-state index contributed by atoms with van der Waals surface area (Å²) in [5.41, 5.74) is 3.39. The average Bonchev–Trinajstić information content (AvgIpc) is 3.42. The fourth-order valence-corrected chi connectivity index (χ4v) is 4.12. The number of carboxylic acid groups (broad SMARTS) is 1. The molecule has 0 radical (unpaired) electrons. The summed E-state index contributed by atoms with van der Waals surface area (Å²) >= 11 is 0. The lowest BCUT2D eigenvalue weighted by Gasteiger charge is -2.15. The van der Waals surface area contributed by atoms with Crippen molar-refractivity contribution in [3.05, 3.63) is 57.8 Å². The molecule has 3 aromatic rings. The van der Waals surface area contributed by atoms with Crippen molar-refractivity contribution in [2.45, 2.75) is 33.4 Å². The van der Waals surface area contributed by atoms with Crippen LogP contribution < -0.4 is 16.2 Å². The van der Waals surface area contributed by atoms with E-state index >= 15 is 0 Å². The maximum atomic E-state index is 12.9. The number of benzene rings is 1. The van der Waals surface area contributed by atoms with Gasteiger partial charge >= 0.3 is 6.09 Å². The quantitative estimate of drug-likeness (QED) is 0.434. The third kappa shape index (κ3) is 5.00. The summed E-state index contributed by atoms with van der Waals surface area (Å²) in [5.74, 6) is 0.00745. The van der Waals surface area contributed by atoms with E-state index < -0.39 is 6.09 Å². The van der Waals surface area contributed by atoms with Gasteiger partial charge in [-0.2, -0.15) is 0 Å². The van der Waals surface area contributed by atoms with Crippen molar-refractivity contribution in [3.8, 4) is 0 Å². The van der Waals surface area contributed by atoms with E-state index in [2.05, 4.69) is 20.6 Å². The number of likely N-dealkylation sites (tertiary alicyclic amines) is 1. The van der Waals surface area contributed by atoms with Gasteiger partial charge in [-0.15, -0.1) is 0 Å². The van der Waals surface area contributed by atoms with Crippen LogP contribution in [0.4, 0.5) is 10.6 Å². The number of nitrogens with zero attached hydrogens (tertiary/aromatic N) is 3. The van der Waals surface area contributed by atoms with Gasteiger partial charge in [0.05, 0.1) is 0 Å². The van der Waals surface area contributed by atoms with Gasteiger partial charge in [0.25, 0.3) is 5.56 Å². The highest BCUT2D eigenvalue weighted by Gasteiger charge is 2.26. The third-order valence-electron chi connectivity index (χ3n) is 6.11. The number of carbonyl (C=O) groups excluding carboxylic acids is 1. The Morgan fingerprint density at radius 1 is 1.30 bits per heavy atom. The fraction of sp³-hybridized carbons (Fsp3) is 0.391. The van der Waals surface area contributed by atoms with E-state index in [1.54, 1.807) is 13.1 Å². The van der Waals surface area contributed by atoms with Crippen LogP contribution in [0.15, 0.2) is 35.4 Å². The zero-order chi connectivity index (χ0) is 23.5. The molecule has 10 heteroatoms. The summed E-state index contributed by atoms with van der Waals surface area (Å²) < 4.78 is 1.39. The minimum atomic E-state index is -0.928. The largest absolute Gasteiger partial charge is 0.465 e. The van der Waals surface area contributed by atoms with Crippen LogP contribution in [0.25, 0.3) is 10.9 Å². The number of H-pyrrole nitrogens is 1. The number of hydrogen-bond donors (Lipinski definition) is 4. The number of nitrogens with one attached hydrogen (secondary N) is 3. The molecule has 4 rings (SSSR count). The molecule has 33 heavy (non-hydrogen) atoms. The molecule has 0 bridgehead atoms. The Hall–Kier alpha value is -3.82. The average molecular weight is 453 g/mol. The van der Waals surface area contributed by atoms with Crippen molar-refractivity contribution in [1.29, 1.82) is 0 Å². The van der Waals surface area contributed by atoms with Gasteiger partial charge in [0, 0.05) is 55.2 Å². The van der Waals surface area contributed by atoms with E-state index in [1.165, 1.54) is 9.47 Å². The molecular formula is C23H28N6O4. The van der Waals surface area contributed by atoms with E-state index in [1.807, 2.05) is 31.3 Å². The van der Waals surface area contributed by atoms with Crippen molar-refractivity contribution < 1.29 is 14.7 Å². The molecule has 10 nitrogen and oxygen atoms in total. The van der Waals surface area contributed by atoms with Crippen LogP contribution in [-0.2, 0) is 17.9 Å². The van der Waals surface area contributed by atoms with E-state index in [0.717, 1.165) is 28.5 Å². The standard InChI is InChI=1S/C23H28N6O4/c1-14-8-24-19-4-3-16(7-18(14)19)10-25-20(30)13-29-15(2)9-26-21(22(29)31)27-11-17-5-6-28(12-17)23(32)33/h3-4,7-9,17,24H,5-6,10-13H2,1-2H3,(H,25,30)(H,26,27)(H,32,33)/t17-/m1/s1. The van der Waals surface area contributed by atoms with Gasteiger partial charge in [-0.05, 0) is 49.4 Å². The van der Waals surface area contributed by atoms with Crippen molar-refractivity contribution in [2.24, 2.45) is 5.92 Å². The second-order valence-electron chi connectivity index (χ2n) is 8.53. The molecule has 4 N–H and O–H groups in total. The first-order chi connectivity index (χ1) is 15.8. The number of fused-ring (bicyclic) bond motifs is 1. The first-order valence-electron chi connectivity index (χ1n) is 10.9. The molecule has 1 aliphatic rings. The number of amides is 2. The van der Waals surface area contributed by atoms with Crippen molar-refractivity contribution in [3.63, 3.8) is 0 Å². The lowest BCUT2D eigenvalue weighted by Crippen LogP contribution is -2.35. The number of anilines is 1. The minimum Gasteiger partial charge on any atom is -0.465 e. The number of carbonyl (C=O) groups is 2. The van der Waals surface area contributed by atoms with Gasteiger partial charge in [0.2, 0.25) is 5.91 Å². The Balaban J connectivity index is 1.36. The van der Waals surface area contributed by atoms with E-state index in [9.17, 15) is 14.4 Å². The van der Waals surface area contributed by atoms with Crippen molar-refractivity contribution >= 4 is 28.7 Å². The molecule has 0 unspecified atom stereocenters. The van der Waals surface area contributed by atoms with Gasteiger partial charge in [0.15, 0.2) is 5.82 Å². The zero-order valence-electron chi connectivity index (χ0n) is 18.7. The number of hydrogen-bond acceptors (Lipinski definition) is 5. The molecule has 1 fully saturated rings. The molecule has 1 saturated heterocycles. The molecule has 3 heterocycles. The molecule has 0 aliphatic carbocycles. The fourth-order valence-electron chi connectivity index (χ4n) is 4.12. The highest BCUT2D eigenvalue weighted by molar-refractivity contribution is 5.83. The molecule has 174 valence electrons. The van der Waals surface area contributed by atoms with Crippen LogP contribution in [0.1, 0.15) is 23.2 Å². The molecule has 1 atom stereocenters. The smallest absolute Gasteiger partial charge is 0.407 e. The first kappa shape index (κ1) is 22.4. The molecule has 0 saturated carbocycles. The second kappa shape index (κ2) is 9.35. The summed E-state index contributed by atoms with van der Waals surface area (Å²) in [6, 6.07) is 5.99. The Bertz CT molecular complexity index is 1250. The van der Waals surface area contributed by atoms with Crippen molar-refractivity contribution in [1.82, 2.24) is 24.8 Å². The first-order valence-corrected chi connectivity index (χ1v) is 10.9. The van der Waals surface area contributed by atoms with Gasteiger partial charge in [0.1, 0.15) is 6.54 Å². The topological polar surface area (TPSA) is 132 Å². The van der Waals surface area contributed by atoms with Gasteiger partial charge in [-0.1, -0.05) is 6.07 Å². The lowest BCUT2D eigenvalue weighted by atomic mass is 10.1. The highest BCUT2D eigenvalue weighted by Crippen LogP contribution is 2.19. The van der Waals surface area contributed by atoms with Gasteiger partial charge in [-0.25, -0.2) is 9.78 Å². The van der Waals surface area contributed by atoms with E-state index in [4.69, 9.17) is 5.11 Å². The van der Waals surface area contributed by atoms with Gasteiger partial charge < -0.3 is 25.6 Å². The van der Waals surface area contributed by atoms with E-state index in [0.29, 0.717) is 31.9 Å². The Kier molecular flexibility index (Phi) is 6.34. The monoisotopic (exact) mass is 452 g/mol. The van der Waals surface area contributed by atoms with Crippen LogP contribution in [0.5, 0.6) is 0 Å². The van der Waals surface area contributed by atoms with Gasteiger partial charge in [-0.3, -0.25) is 14.2 Å². The lowest BCUT2D eigenvalue weighted by molar-refractivity contribution is -0.121. The molecule has 1 aromatic carbocycles. The normalized spacial score (nSPS) is 15.7. The Morgan fingerprint density at radius 2 is 2.12 bits per heavy atom. The predicted octanol–water partition coefficient (Wildman–Crippen LogP) is 2.07. The number of rotatable bonds is 7. The molecule has 1 aliphatic heterocycles. The molecular weight excluding hydrogens is 424 g/mol. The molecule has 2 aromatic heterocycles. The highest BCUT2D eigenvalue weighted by atomic mass is 16.4. The summed E-state index contributed by atoms with van der Waals surface area (Å²) in [5, 5.41) is 16.1. The summed E-state index contributed by atoms with van der Waals surface area (Å²) in [7, 11) is 0. The van der Waals surface area contributed by atoms with Crippen LogP contribution in [0.2, 0.25) is 0 Å². The SMILES string of the molecule is Cc1c[nH]c2ccc(CNC(=O)Cn3c(C)cnc(NC[C@H]4CCN(C(=O)O)C4)c3=O)cc12. The maximum Gasteiger partial charge on any atom is 0.407 e. The minimum absolute atomic E-state index is 0.108. The third-order valence-corrected chi connectivity index (χ3v) is 6.11. The number of aryl methyl sites for hydroxylation is 2. The van der Waals surface area contributed by atoms with Crippen LogP contribution in [-0.4, -0.2) is 56.2 Å². The molecule has 0 spiro atoms. The Labute approximate surface area is 190 Å². The Morgan fingerprint density at radius 3 is 2.88 bits per heavy atom. The van der Waals surface area contributed by atoms with E-state index in [-0.39, 0.29) is 29.7 Å². The predicted molar refractivity (Wildman–Crippen MR) is 124 cm³/mol. The second-order valence-corrected chi connectivity index (χ2v) is 8.53. The maximum absolute atomic E-state index is 12.9. The molecule has 2 amide bonds. The summed E-state index contributed by atoms with van der Waals surface area (Å²) in [6.07, 6.45) is 3.31. The summed E-state index contributed by atoms with van der Waals surface area (Å²) in [6.45, 7) is 5.38.